The quantitative estimate of drug-likeness (QED) is 0.731. The number of nitrogen functional groups attached to an aromatic ring is 1. The average Bonchev–Trinajstić information content (AvgIpc) is 2.99. The Labute approximate surface area is 95.2 Å². The summed E-state index contributed by atoms with van der Waals surface area (Å²) in [7, 11) is 0. The van der Waals surface area contributed by atoms with Gasteiger partial charge in [-0.25, -0.2) is 0 Å². The van der Waals surface area contributed by atoms with E-state index in [4.69, 9.17) is 5.73 Å². The van der Waals surface area contributed by atoms with E-state index >= 15 is 0 Å². The normalized spacial score (nSPS) is 15.5. The molecule has 1 heterocycles. The summed E-state index contributed by atoms with van der Waals surface area (Å²) in [5.41, 5.74) is 7.16. The fraction of sp³-hybridized carbons (Fsp3) is 0.727. The van der Waals surface area contributed by atoms with E-state index in [9.17, 15) is 0 Å². The second kappa shape index (κ2) is 4.84. The van der Waals surface area contributed by atoms with Gasteiger partial charge in [0.15, 0.2) is 0 Å². The van der Waals surface area contributed by atoms with Crippen LogP contribution in [0.2, 0.25) is 0 Å². The van der Waals surface area contributed by atoms with Crippen molar-refractivity contribution in [2.24, 2.45) is 0 Å². The third-order valence-corrected chi connectivity index (χ3v) is 3.64. The predicted molar refractivity (Wildman–Crippen MR) is 66.5 cm³/mol. The molecule has 0 unspecified atom stereocenters. The van der Waals surface area contributed by atoms with Gasteiger partial charge in [0.2, 0.25) is 0 Å². The van der Waals surface area contributed by atoms with Gasteiger partial charge in [0.05, 0.1) is 0 Å². The first-order chi connectivity index (χ1) is 7.33. The number of hydrogen-bond acceptors (Lipinski definition) is 4. The highest BCUT2D eigenvalue weighted by Crippen LogP contribution is 2.47. The first-order valence-electron chi connectivity index (χ1n) is 5.81. The number of rotatable bonds is 6. The van der Waals surface area contributed by atoms with E-state index in [0.29, 0.717) is 5.92 Å². The first-order valence-corrected chi connectivity index (χ1v) is 6.59. The lowest BCUT2D eigenvalue weighted by Gasteiger charge is -2.05. The van der Waals surface area contributed by atoms with E-state index in [1.54, 1.807) is 0 Å². The Hall–Kier alpha value is -0.770. The number of unbranched alkanes of at least 4 members (excludes halogenated alkanes) is 2. The molecule has 0 bridgehead atoms. The number of aromatic nitrogens is 1. The summed E-state index contributed by atoms with van der Waals surface area (Å²) in [5.74, 6) is 1.44. The molecular formula is C11H19N3S. The summed E-state index contributed by atoms with van der Waals surface area (Å²) in [5, 5.41) is 4.68. The third kappa shape index (κ3) is 2.62. The topological polar surface area (TPSA) is 50.9 Å². The molecule has 1 aromatic heterocycles. The fourth-order valence-electron chi connectivity index (χ4n) is 1.78. The lowest BCUT2D eigenvalue weighted by atomic mass is 10.2. The van der Waals surface area contributed by atoms with E-state index < -0.39 is 0 Å². The first kappa shape index (κ1) is 10.7. The van der Waals surface area contributed by atoms with Gasteiger partial charge >= 0.3 is 0 Å². The second-order valence-corrected chi connectivity index (χ2v) is 4.99. The Kier molecular flexibility index (Phi) is 3.46. The Morgan fingerprint density at radius 3 is 2.93 bits per heavy atom. The van der Waals surface area contributed by atoms with E-state index in [-0.39, 0.29) is 0 Å². The summed E-state index contributed by atoms with van der Waals surface area (Å²) >= 11 is 1.52. The highest BCUT2D eigenvalue weighted by atomic mass is 32.1. The maximum atomic E-state index is 5.87. The van der Waals surface area contributed by atoms with Gasteiger partial charge < -0.3 is 11.1 Å². The minimum Gasteiger partial charge on any atom is -0.383 e. The molecule has 4 heteroatoms. The number of nitrogens with two attached hydrogens (primary N) is 1. The molecule has 1 aliphatic rings. The number of anilines is 2. The van der Waals surface area contributed by atoms with Crippen molar-refractivity contribution in [1.29, 1.82) is 0 Å². The van der Waals surface area contributed by atoms with E-state index in [1.807, 2.05) is 0 Å². The molecule has 1 aromatic rings. The van der Waals surface area contributed by atoms with E-state index in [2.05, 4.69) is 16.6 Å². The van der Waals surface area contributed by atoms with Crippen molar-refractivity contribution in [1.82, 2.24) is 4.37 Å². The highest BCUT2D eigenvalue weighted by molar-refractivity contribution is 7.10. The lowest BCUT2D eigenvalue weighted by Crippen LogP contribution is -2.02. The number of hydrogen-bond donors (Lipinski definition) is 2. The molecule has 1 fully saturated rings. The molecule has 3 N–H and O–H groups in total. The van der Waals surface area contributed by atoms with Crippen molar-refractivity contribution in [2.45, 2.75) is 44.9 Å². The van der Waals surface area contributed by atoms with Crippen LogP contribution in [-0.4, -0.2) is 10.9 Å². The Morgan fingerprint density at radius 2 is 2.27 bits per heavy atom. The molecule has 1 saturated carbocycles. The van der Waals surface area contributed by atoms with Gasteiger partial charge in [0, 0.05) is 12.1 Å². The molecule has 2 rings (SSSR count). The molecule has 0 radical (unpaired) electrons. The van der Waals surface area contributed by atoms with Crippen molar-refractivity contribution in [3.63, 3.8) is 0 Å². The Bertz CT molecular complexity index is 318. The molecule has 0 amide bonds. The van der Waals surface area contributed by atoms with Crippen molar-refractivity contribution in [3.05, 3.63) is 5.56 Å². The standard InChI is InChI=1S/C11H19N3S/c1-2-3-4-7-13-11-9(8-5-6-8)10(12)14-15-11/h8,13H,2-7H2,1H3,(H2,12,14). The van der Waals surface area contributed by atoms with Gasteiger partial charge in [-0.1, -0.05) is 19.8 Å². The van der Waals surface area contributed by atoms with Gasteiger partial charge in [-0.2, -0.15) is 4.37 Å². The smallest absolute Gasteiger partial charge is 0.142 e. The predicted octanol–water partition coefficient (Wildman–Crippen LogP) is 3.20. The summed E-state index contributed by atoms with van der Waals surface area (Å²) < 4.78 is 4.23. The van der Waals surface area contributed by atoms with Crippen LogP contribution < -0.4 is 11.1 Å². The van der Waals surface area contributed by atoms with Crippen molar-refractivity contribution < 1.29 is 0 Å². The monoisotopic (exact) mass is 225 g/mol. The second-order valence-electron chi connectivity index (χ2n) is 4.22. The number of nitrogens with one attached hydrogen (secondary N) is 1. The largest absolute Gasteiger partial charge is 0.383 e. The maximum Gasteiger partial charge on any atom is 0.142 e. The molecule has 0 atom stereocenters. The van der Waals surface area contributed by atoms with Crippen LogP contribution in [0.5, 0.6) is 0 Å². The lowest BCUT2D eigenvalue weighted by molar-refractivity contribution is 0.744. The zero-order chi connectivity index (χ0) is 10.7. The van der Waals surface area contributed by atoms with Crippen LogP contribution in [0, 0.1) is 0 Å². The van der Waals surface area contributed by atoms with Crippen molar-refractivity contribution in [3.8, 4) is 0 Å². The van der Waals surface area contributed by atoms with Crippen LogP contribution in [0.15, 0.2) is 0 Å². The van der Waals surface area contributed by atoms with Gasteiger partial charge in [-0.15, -0.1) is 0 Å². The van der Waals surface area contributed by atoms with Gasteiger partial charge in [0.1, 0.15) is 10.8 Å². The molecule has 0 aromatic carbocycles. The van der Waals surface area contributed by atoms with E-state index in [0.717, 1.165) is 12.4 Å². The van der Waals surface area contributed by atoms with Crippen molar-refractivity contribution in [2.75, 3.05) is 17.6 Å². The third-order valence-electron chi connectivity index (χ3n) is 2.81. The van der Waals surface area contributed by atoms with Crippen LogP contribution in [0.4, 0.5) is 10.8 Å². The molecule has 1 aliphatic carbocycles. The summed E-state index contributed by atoms with van der Waals surface area (Å²) in [6.07, 6.45) is 6.36. The number of nitrogens with zero attached hydrogens (tertiary/aromatic N) is 1. The van der Waals surface area contributed by atoms with Crippen LogP contribution in [0.25, 0.3) is 0 Å². The van der Waals surface area contributed by atoms with Crippen LogP contribution >= 0.6 is 11.5 Å². The van der Waals surface area contributed by atoms with Crippen LogP contribution in [0.1, 0.15) is 50.5 Å². The van der Waals surface area contributed by atoms with Gasteiger partial charge in [-0.05, 0) is 36.7 Å². The van der Waals surface area contributed by atoms with Gasteiger partial charge in [-0.3, -0.25) is 0 Å². The Balaban J connectivity index is 1.90. The molecule has 0 aliphatic heterocycles. The summed E-state index contributed by atoms with van der Waals surface area (Å²) in [4.78, 5) is 0. The average molecular weight is 225 g/mol. The van der Waals surface area contributed by atoms with E-state index in [1.165, 1.54) is 54.2 Å². The zero-order valence-corrected chi connectivity index (χ0v) is 10.1. The highest BCUT2D eigenvalue weighted by Gasteiger charge is 2.30. The molecule has 15 heavy (non-hydrogen) atoms. The van der Waals surface area contributed by atoms with Crippen molar-refractivity contribution >= 4 is 22.4 Å². The summed E-state index contributed by atoms with van der Waals surface area (Å²) in [6.45, 7) is 3.27. The molecule has 0 spiro atoms. The molecule has 3 nitrogen and oxygen atoms in total. The minimum atomic E-state index is 0.692. The molecule has 0 saturated heterocycles. The minimum absolute atomic E-state index is 0.692. The van der Waals surface area contributed by atoms with Gasteiger partial charge in [0.25, 0.3) is 0 Å². The maximum absolute atomic E-state index is 5.87. The van der Waals surface area contributed by atoms with Crippen LogP contribution in [-0.2, 0) is 0 Å². The molecular weight excluding hydrogens is 206 g/mol. The fourth-order valence-corrected chi connectivity index (χ4v) is 2.60. The Morgan fingerprint density at radius 1 is 1.47 bits per heavy atom. The molecule has 84 valence electrons. The zero-order valence-electron chi connectivity index (χ0n) is 9.25. The van der Waals surface area contributed by atoms with Crippen LogP contribution in [0.3, 0.4) is 0 Å². The summed E-state index contributed by atoms with van der Waals surface area (Å²) in [6, 6.07) is 0. The SMILES string of the molecule is CCCCCNc1snc(N)c1C1CC1.